The minimum atomic E-state index is -0.478. The molecule has 0 unspecified atom stereocenters. The van der Waals surface area contributed by atoms with Crippen LogP contribution < -0.4 is 25.4 Å². The maximum atomic E-state index is 13.5. The Morgan fingerprint density at radius 2 is 1.45 bits per heavy atom. The number of amides is 3. The van der Waals surface area contributed by atoms with Gasteiger partial charge in [-0.15, -0.1) is 11.8 Å². The Labute approximate surface area is 261 Å². The third-order valence-electron chi connectivity index (χ3n) is 6.54. The van der Waals surface area contributed by atoms with E-state index in [2.05, 4.69) is 29.8 Å². The summed E-state index contributed by atoms with van der Waals surface area (Å²) in [5.74, 6) is 0.561. The fourth-order valence-electron chi connectivity index (χ4n) is 4.17. The Morgan fingerprint density at radius 1 is 0.773 bits per heavy atom. The molecule has 0 saturated carbocycles. The van der Waals surface area contributed by atoms with Gasteiger partial charge in [-0.25, -0.2) is 0 Å². The molecule has 9 heteroatoms. The molecule has 0 aliphatic rings. The van der Waals surface area contributed by atoms with Gasteiger partial charge in [-0.1, -0.05) is 62.4 Å². The van der Waals surface area contributed by atoms with Gasteiger partial charge in [-0.05, 0) is 53.5 Å². The Balaban J connectivity index is 1.45. The van der Waals surface area contributed by atoms with Gasteiger partial charge in [0.1, 0.15) is 17.2 Å². The first-order valence-corrected chi connectivity index (χ1v) is 15.0. The molecule has 0 saturated heterocycles. The van der Waals surface area contributed by atoms with Gasteiger partial charge in [-0.3, -0.25) is 14.4 Å². The quantitative estimate of drug-likeness (QED) is 0.118. The van der Waals surface area contributed by atoms with Crippen LogP contribution in [0.4, 0.5) is 11.4 Å². The lowest BCUT2D eigenvalue weighted by atomic mass is 10.0. The zero-order valence-electron chi connectivity index (χ0n) is 25.0. The van der Waals surface area contributed by atoms with Crippen LogP contribution in [0.3, 0.4) is 0 Å². The number of ether oxygens (including phenoxy) is 2. The van der Waals surface area contributed by atoms with E-state index in [4.69, 9.17) is 9.47 Å². The summed E-state index contributed by atoms with van der Waals surface area (Å²) in [6.07, 6.45) is 1.65. The Kier molecular flexibility index (Phi) is 11.2. The van der Waals surface area contributed by atoms with Crippen molar-refractivity contribution < 1.29 is 23.9 Å². The van der Waals surface area contributed by atoms with E-state index in [1.165, 1.54) is 17.3 Å². The standard InChI is InChI=1S/C35H35N3O5S/c1-23(2)25-15-13-24(14-16-25)17-32(38-34(40)26-9-6-5-7-10-26)35(41)37-27-11-8-12-31(20-27)44-22-33(39)36-28-18-29(42-3)21-30(19-28)43-4/h5-21,23H,22H2,1-4H3,(H,36,39)(H,37,41)(H,38,40)/b32-17+. The van der Waals surface area contributed by atoms with E-state index < -0.39 is 11.8 Å². The van der Waals surface area contributed by atoms with Crippen molar-refractivity contribution in [3.05, 3.63) is 119 Å². The Hall–Kier alpha value is -5.02. The van der Waals surface area contributed by atoms with Crippen molar-refractivity contribution in [2.45, 2.75) is 24.7 Å². The summed E-state index contributed by atoms with van der Waals surface area (Å²) < 4.78 is 10.5. The van der Waals surface area contributed by atoms with Gasteiger partial charge >= 0.3 is 0 Å². The van der Waals surface area contributed by atoms with Gasteiger partial charge in [0.2, 0.25) is 5.91 Å². The van der Waals surface area contributed by atoms with Crippen LogP contribution in [0.25, 0.3) is 6.08 Å². The van der Waals surface area contributed by atoms with Crippen LogP contribution in [-0.4, -0.2) is 37.7 Å². The molecule has 44 heavy (non-hydrogen) atoms. The molecule has 3 amide bonds. The molecular weight excluding hydrogens is 574 g/mol. The number of benzene rings is 4. The molecule has 0 aromatic heterocycles. The van der Waals surface area contributed by atoms with Crippen molar-refractivity contribution in [2.24, 2.45) is 0 Å². The van der Waals surface area contributed by atoms with E-state index >= 15 is 0 Å². The van der Waals surface area contributed by atoms with Crippen molar-refractivity contribution in [1.29, 1.82) is 0 Å². The molecule has 4 rings (SSSR count). The highest BCUT2D eigenvalue weighted by atomic mass is 32.2. The molecule has 4 aromatic carbocycles. The number of nitrogens with one attached hydrogen (secondary N) is 3. The van der Waals surface area contributed by atoms with Gasteiger partial charge in [0.25, 0.3) is 11.8 Å². The number of thioether (sulfide) groups is 1. The number of rotatable bonds is 12. The van der Waals surface area contributed by atoms with Crippen LogP contribution in [0.15, 0.2) is 108 Å². The Morgan fingerprint density at radius 3 is 2.09 bits per heavy atom. The molecule has 0 radical (unpaired) electrons. The normalized spacial score (nSPS) is 11.1. The number of carbonyl (C=O) groups excluding carboxylic acids is 3. The average Bonchev–Trinajstić information content (AvgIpc) is 3.04. The van der Waals surface area contributed by atoms with E-state index in [9.17, 15) is 14.4 Å². The predicted octanol–water partition coefficient (Wildman–Crippen LogP) is 6.97. The molecule has 0 heterocycles. The van der Waals surface area contributed by atoms with Crippen molar-refractivity contribution in [1.82, 2.24) is 5.32 Å². The molecule has 4 aromatic rings. The second kappa shape index (κ2) is 15.5. The van der Waals surface area contributed by atoms with Crippen LogP contribution in [0, 0.1) is 0 Å². The topological polar surface area (TPSA) is 106 Å². The predicted molar refractivity (Wildman–Crippen MR) is 176 cm³/mol. The molecule has 0 aliphatic carbocycles. The fraction of sp³-hybridized carbons (Fsp3) is 0.171. The number of methoxy groups -OCH3 is 2. The van der Waals surface area contributed by atoms with E-state index in [0.717, 1.165) is 10.5 Å². The van der Waals surface area contributed by atoms with Gasteiger partial charge < -0.3 is 25.4 Å². The maximum absolute atomic E-state index is 13.5. The summed E-state index contributed by atoms with van der Waals surface area (Å²) in [6, 6.07) is 28.9. The summed E-state index contributed by atoms with van der Waals surface area (Å²) in [4.78, 5) is 39.9. The van der Waals surface area contributed by atoms with Crippen LogP contribution in [-0.2, 0) is 9.59 Å². The third kappa shape index (κ3) is 9.24. The minimum Gasteiger partial charge on any atom is -0.497 e. The molecule has 0 atom stereocenters. The monoisotopic (exact) mass is 609 g/mol. The van der Waals surface area contributed by atoms with Crippen molar-refractivity contribution >= 4 is 46.9 Å². The summed E-state index contributed by atoms with van der Waals surface area (Å²) in [5, 5.41) is 8.50. The zero-order chi connectivity index (χ0) is 31.5. The second-order valence-electron chi connectivity index (χ2n) is 10.1. The van der Waals surface area contributed by atoms with Crippen LogP contribution >= 0.6 is 11.8 Å². The second-order valence-corrected chi connectivity index (χ2v) is 11.2. The smallest absolute Gasteiger partial charge is 0.272 e. The highest BCUT2D eigenvalue weighted by Crippen LogP contribution is 2.27. The van der Waals surface area contributed by atoms with Crippen molar-refractivity contribution in [2.75, 3.05) is 30.6 Å². The van der Waals surface area contributed by atoms with E-state index in [1.807, 2.05) is 36.4 Å². The SMILES string of the molecule is COc1cc(NC(=O)CSc2cccc(NC(=O)/C(=C\c3ccc(C(C)C)cc3)NC(=O)c3ccccc3)c2)cc(OC)c1. The molecule has 8 nitrogen and oxygen atoms in total. The van der Waals surface area contributed by atoms with Crippen LogP contribution in [0.1, 0.15) is 41.3 Å². The third-order valence-corrected chi connectivity index (χ3v) is 7.53. The molecule has 0 fully saturated rings. The maximum Gasteiger partial charge on any atom is 0.272 e. The molecular formula is C35H35N3O5S. The molecule has 226 valence electrons. The largest absolute Gasteiger partial charge is 0.497 e. The summed E-state index contributed by atoms with van der Waals surface area (Å²) >= 11 is 1.32. The fourth-order valence-corrected chi connectivity index (χ4v) is 4.93. The molecule has 3 N–H and O–H groups in total. The zero-order valence-corrected chi connectivity index (χ0v) is 25.9. The van der Waals surface area contributed by atoms with Crippen molar-refractivity contribution in [3.63, 3.8) is 0 Å². The summed E-state index contributed by atoms with van der Waals surface area (Å²) in [6.45, 7) is 4.22. The van der Waals surface area contributed by atoms with Gasteiger partial charge in [-0.2, -0.15) is 0 Å². The first kappa shape index (κ1) is 31.9. The van der Waals surface area contributed by atoms with E-state index in [1.54, 1.807) is 81.0 Å². The lowest BCUT2D eigenvalue weighted by molar-refractivity contribution is -0.114. The van der Waals surface area contributed by atoms with Gasteiger partial charge in [0.15, 0.2) is 0 Å². The highest BCUT2D eigenvalue weighted by molar-refractivity contribution is 8.00. The summed E-state index contributed by atoms with van der Waals surface area (Å²) in [5.41, 5.74) is 3.56. The molecule has 0 aliphatic heterocycles. The number of hydrogen-bond acceptors (Lipinski definition) is 6. The average molecular weight is 610 g/mol. The Bertz CT molecular complexity index is 1610. The van der Waals surface area contributed by atoms with Gasteiger partial charge in [0.05, 0.1) is 20.0 Å². The number of anilines is 2. The lowest BCUT2D eigenvalue weighted by Crippen LogP contribution is -2.30. The molecule has 0 bridgehead atoms. The lowest BCUT2D eigenvalue weighted by Gasteiger charge is -2.13. The van der Waals surface area contributed by atoms with E-state index in [0.29, 0.717) is 34.4 Å². The first-order valence-electron chi connectivity index (χ1n) is 14.0. The first-order chi connectivity index (χ1) is 21.2. The van der Waals surface area contributed by atoms with Gasteiger partial charge in [0, 0.05) is 40.0 Å². The van der Waals surface area contributed by atoms with Crippen LogP contribution in [0.2, 0.25) is 0 Å². The highest BCUT2D eigenvalue weighted by Gasteiger charge is 2.16. The van der Waals surface area contributed by atoms with Crippen molar-refractivity contribution in [3.8, 4) is 11.5 Å². The number of carbonyl (C=O) groups is 3. The molecule has 0 spiro atoms. The summed E-state index contributed by atoms with van der Waals surface area (Å²) in [7, 11) is 3.09. The minimum absolute atomic E-state index is 0.0994. The van der Waals surface area contributed by atoms with E-state index in [-0.39, 0.29) is 17.4 Å². The van der Waals surface area contributed by atoms with Crippen LogP contribution in [0.5, 0.6) is 11.5 Å². The number of hydrogen-bond donors (Lipinski definition) is 3.